The molecule has 24 heavy (non-hydrogen) atoms. The third-order valence-corrected chi connectivity index (χ3v) is 4.51. The molecular weight excluding hydrogens is 308 g/mol. The summed E-state index contributed by atoms with van der Waals surface area (Å²) in [5, 5.41) is 5.59. The van der Waals surface area contributed by atoms with Crippen LogP contribution in [0.2, 0.25) is 0 Å². The monoisotopic (exact) mass is 328 g/mol. The number of aryl methyl sites for hydroxylation is 1. The molecule has 0 spiro atoms. The molecule has 3 rings (SSSR count). The molecule has 1 aliphatic rings. The van der Waals surface area contributed by atoms with E-state index in [1.165, 1.54) is 4.68 Å². The number of aromatic nitrogens is 2. The van der Waals surface area contributed by atoms with Crippen molar-refractivity contribution in [2.24, 2.45) is 11.7 Å². The highest BCUT2D eigenvalue weighted by Gasteiger charge is 2.27. The van der Waals surface area contributed by atoms with E-state index in [0.29, 0.717) is 30.6 Å². The molecule has 2 aromatic rings. The fourth-order valence-corrected chi connectivity index (χ4v) is 3.18. The van der Waals surface area contributed by atoms with Crippen molar-refractivity contribution in [1.29, 1.82) is 0 Å². The van der Waals surface area contributed by atoms with Crippen molar-refractivity contribution in [2.45, 2.75) is 26.3 Å². The van der Waals surface area contributed by atoms with Crippen LogP contribution in [0.3, 0.4) is 0 Å². The number of primary amides is 1. The summed E-state index contributed by atoms with van der Waals surface area (Å²) in [5.41, 5.74) is 5.76. The molecule has 0 saturated carbocycles. The van der Waals surface area contributed by atoms with E-state index in [9.17, 15) is 14.4 Å². The summed E-state index contributed by atoms with van der Waals surface area (Å²) in [6.07, 6.45) is 1.44. The predicted octanol–water partition coefficient (Wildman–Crippen LogP) is 0.429. The fraction of sp³-hybridized carbons (Fsp3) is 0.412. The number of fused-ring (bicyclic) bond motifs is 1. The van der Waals surface area contributed by atoms with E-state index in [0.717, 1.165) is 11.8 Å². The van der Waals surface area contributed by atoms with Gasteiger partial charge in [-0.05, 0) is 25.8 Å². The molecule has 2 amide bonds. The van der Waals surface area contributed by atoms with E-state index in [-0.39, 0.29) is 29.8 Å². The Hall–Kier alpha value is -2.70. The second-order valence-corrected chi connectivity index (χ2v) is 6.18. The number of nitrogens with zero attached hydrogens (tertiary/aromatic N) is 3. The van der Waals surface area contributed by atoms with Gasteiger partial charge >= 0.3 is 0 Å². The van der Waals surface area contributed by atoms with Gasteiger partial charge in [0.05, 0.1) is 17.0 Å². The molecule has 1 atom stereocenters. The average molecular weight is 328 g/mol. The minimum Gasteiger partial charge on any atom is -0.369 e. The molecule has 2 heterocycles. The Morgan fingerprint density at radius 1 is 1.29 bits per heavy atom. The second kappa shape index (κ2) is 6.43. The van der Waals surface area contributed by atoms with Gasteiger partial charge in [-0.2, -0.15) is 5.10 Å². The maximum atomic E-state index is 12.5. The number of hydrogen-bond donors (Lipinski definition) is 1. The van der Waals surface area contributed by atoms with Crippen molar-refractivity contribution in [2.75, 3.05) is 13.1 Å². The van der Waals surface area contributed by atoms with Gasteiger partial charge in [-0.3, -0.25) is 14.4 Å². The van der Waals surface area contributed by atoms with Crippen molar-refractivity contribution >= 4 is 22.6 Å². The summed E-state index contributed by atoms with van der Waals surface area (Å²) in [5.74, 6) is -0.916. The number of likely N-dealkylation sites (tertiary alicyclic amines) is 1. The molecule has 1 aliphatic heterocycles. The third kappa shape index (κ3) is 3.02. The first-order valence-corrected chi connectivity index (χ1v) is 8.01. The minimum absolute atomic E-state index is 0.129. The Balaban J connectivity index is 1.84. The second-order valence-electron chi connectivity index (χ2n) is 6.18. The number of carbonyl (C=O) groups excluding carboxylic acids is 2. The summed E-state index contributed by atoms with van der Waals surface area (Å²) in [6.45, 7) is 2.57. The van der Waals surface area contributed by atoms with Gasteiger partial charge in [-0.25, -0.2) is 4.68 Å². The van der Waals surface area contributed by atoms with E-state index >= 15 is 0 Å². The Bertz CT molecular complexity index is 859. The predicted molar refractivity (Wildman–Crippen MR) is 89.2 cm³/mol. The number of carbonyl (C=O) groups is 2. The lowest BCUT2D eigenvalue weighted by atomic mass is 9.97. The molecule has 7 nitrogen and oxygen atoms in total. The van der Waals surface area contributed by atoms with Crippen LogP contribution in [-0.2, 0) is 16.1 Å². The Morgan fingerprint density at radius 2 is 2.00 bits per heavy atom. The standard InChI is InChI=1S/C17H20N4O3/c1-11-13-6-2-3-7-14(13)17(24)21(19-11)10-15(22)20-8-4-5-12(9-20)16(18)23/h2-3,6-7,12H,4-5,8-10H2,1H3,(H2,18,23)/t12-/m0/s1. The molecule has 1 aromatic heterocycles. The molecule has 7 heteroatoms. The lowest BCUT2D eigenvalue weighted by Crippen LogP contribution is -2.46. The van der Waals surface area contributed by atoms with Gasteiger partial charge < -0.3 is 10.6 Å². The van der Waals surface area contributed by atoms with Crippen LogP contribution in [0.15, 0.2) is 29.1 Å². The molecule has 0 bridgehead atoms. The van der Waals surface area contributed by atoms with Gasteiger partial charge in [-0.15, -0.1) is 0 Å². The Kier molecular flexibility index (Phi) is 4.33. The lowest BCUT2D eigenvalue weighted by molar-refractivity contribution is -0.135. The third-order valence-electron chi connectivity index (χ3n) is 4.51. The minimum atomic E-state index is -0.385. The van der Waals surface area contributed by atoms with Crippen molar-refractivity contribution < 1.29 is 9.59 Å². The first kappa shape index (κ1) is 16.2. The zero-order valence-electron chi connectivity index (χ0n) is 13.6. The Morgan fingerprint density at radius 3 is 2.71 bits per heavy atom. The molecule has 1 aromatic carbocycles. The van der Waals surface area contributed by atoms with Crippen molar-refractivity contribution in [1.82, 2.24) is 14.7 Å². The van der Waals surface area contributed by atoms with E-state index in [4.69, 9.17) is 5.73 Å². The quantitative estimate of drug-likeness (QED) is 0.883. The average Bonchev–Trinajstić information content (AvgIpc) is 2.59. The van der Waals surface area contributed by atoms with Crippen LogP contribution in [0.1, 0.15) is 18.5 Å². The van der Waals surface area contributed by atoms with Gasteiger partial charge in [0.2, 0.25) is 11.8 Å². The molecule has 0 aliphatic carbocycles. The summed E-state index contributed by atoms with van der Waals surface area (Å²) >= 11 is 0. The van der Waals surface area contributed by atoms with Crippen LogP contribution in [0.25, 0.3) is 10.8 Å². The van der Waals surface area contributed by atoms with Gasteiger partial charge in [-0.1, -0.05) is 18.2 Å². The molecule has 0 unspecified atom stereocenters. The highest BCUT2D eigenvalue weighted by molar-refractivity contribution is 5.84. The summed E-state index contributed by atoms with van der Waals surface area (Å²) < 4.78 is 1.20. The van der Waals surface area contributed by atoms with Gasteiger partial charge in [0.25, 0.3) is 5.56 Å². The SMILES string of the molecule is Cc1nn(CC(=O)N2CCC[C@H](C(N)=O)C2)c(=O)c2ccccc12. The zero-order chi connectivity index (χ0) is 17.3. The van der Waals surface area contributed by atoms with E-state index < -0.39 is 0 Å². The molecular formula is C17H20N4O3. The first-order chi connectivity index (χ1) is 11.5. The maximum Gasteiger partial charge on any atom is 0.275 e. The van der Waals surface area contributed by atoms with Gasteiger partial charge in [0.1, 0.15) is 6.54 Å². The van der Waals surface area contributed by atoms with Crippen molar-refractivity contribution in [3.63, 3.8) is 0 Å². The maximum absolute atomic E-state index is 12.5. The molecule has 1 fully saturated rings. The van der Waals surface area contributed by atoms with E-state index in [1.54, 1.807) is 17.0 Å². The number of hydrogen-bond acceptors (Lipinski definition) is 4. The topological polar surface area (TPSA) is 98.3 Å². The van der Waals surface area contributed by atoms with Crippen LogP contribution in [0.4, 0.5) is 0 Å². The fourth-order valence-electron chi connectivity index (χ4n) is 3.18. The largest absolute Gasteiger partial charge is 0.369 e. The van der Waals surface area contributed by atoms with Crippen LogP contribution in [0, 0.1) is 12.8 Å². The molecule has 1 saturated heterocycles. The number of rotatable bonds is 3. The van der Waals surface area contributed by atoms with Crippen LogP contribution >= 0.6 is 0 Å². The zero-order valence-corrected chi connectivity index (χ0v) is 13.6. The number of benzene rings is 1. The molecule has 2 N–H and O–H groups in total. The van der Waals surface area contributed by atoms with Gasteiger partial charge in [0.15, 0.2) is 0 Å². The van der Waals surface area contributed by atoms with Crippen LogP contribution in [-0.4, -0.2) is 39.6 Å². The van der Waals surface area contributed by atoms with Crippen LogP contribution < -0.4 is 11.3 Å². The van der Waals surface area contributed by atoms with Crippen LogP contribution in [0.5, 0.6) is 0 Å². The number of nitrogens with two attached hydrogens (primary N) is 1. The van der Waals surface area contributed by atoms with Crippen molar-refractivity contribution in [3.8, 4) is 0 Å². The van der Waals surface area contributed by atoms with Crippen molar-refractivity contribution in [3.05, 3.63) is 40.3 Å². The number of amides is 2. The Labute approximate surface area is 139 Å². The summed E-state index contributed by atoms with van der Waals surface area (Å²) in [6, 6.07) is 7.21. The lowest BCUT2D eigenvalue weighted by Gasteiger charge is -2.31. The highest BCUT2D eigenvalue weighted by atomic mass is 16.2. The normalized spacial score (nSPS) is 17.9. The smallest absolute Gasteiger partial charge is 0.275 e. The highest BCUT2D eigenvalue weighted by Crippen LogP contribution is 2.16. The van der Waals surface area contributed by atoms with Gasteiger partial charge in [0, 0.05) is 18.5 Å². The molecule has 126 valence electrons. The summed E-state index contributed by atoms with van der Waals surface area (Å²) in [7, 11) is 0. The number of piperidine rings is 1. The van der Waals surface area contributed by atoms with E-state index in [1.807, 2.05) is 19.1 Å². The van der Waals surface area contributed by atoms with E-state index in [2.05, 4.69) is 5.10 Å². The molecule has 0 radical (unpaired) electrons. The summed E-state index contributed by atoms with van der Waals surface area (Å²) in [4.78, 5) is 38.0. The first-order valence-electron chi connectivity index (χ1n) is 8.01.